The topological polar surface area (TPSA) is 100 Å². The first-order valence-electron chi connectivity index (χ1n) is 14.5. The zero-order valence-electron chi connectivity index (χ0n) is 24.0. The fourth-order valence-electron chi connectivity index (χ4n) is 6.10. The third-order valence-corrected chi connectivity index (χ3v) is 8.22. The van der Waals surface area contributed by atoms with Gasteiger partial charge in [-0.05, 0) is 64.0 Å². The third-order valence-electron chi connectivity index (χ3n) is 8.22. The van der Waals surface area contributed by atoms with E-state index in [4.69, 9.17) is 4.74 Å². The molecule has 1 N–H and O–H groups in total. The van der Waals surface area contributed by atoms with Crippen LogP contribution in [-0.2, 0) is 16.0 Å². The molecule has 0 radical (unpaired) electrons. The predicted octanol–water partition coefficient (Wildman–Crippen LogP) is 4.28. The molecule has 4 amide bonds. The molecule has 2 aromatic rings. The normalized spacial score (nSPS) is 23.5. The molecule has 2 atom stereocenters. The van der Waals surface area contributed by atoms with Crippen molar-refractivity contribution in [2.75, 3.05) is 44.2 Å². The highest BCUT2D eigenvalue weighted by molar-refractivity contribution is 6.06. The first-order chi connectivity index (χ1) is 19.0. The van der Waals surface area contributed by atoms with Crippen LogP contribution in [0.25, 0.3) is 11.0 Å². The lowest BCUT2D eigenvalue weighted by Crippen LogP contribution is -2.49. The molecule has 3 aliphatic rings. The van der Waals surface area contributed by atoms with E-state index in [9.17, 15) is 14.4 Å². The summed E-state index contributed by atoms with van der Waals surface area (Å²) in [4.78, 5) is 46.5. The van der Waals surface area contributed by atoms with Crippen LogP contribution in [0.3, 0.4) is 0 Å². The molecule has 10 nitrogen and oxygen atoms in total. The average molecular weight is 557 g/mol. The van der Waals surface area contributed by atoms with Crippen LogP contribution in [-0.4, -0.2) is 88.4 Å². The Balaban J connectivity index is 1.21. The minimum atomic E-state index is -1.03. The Morgan fingerprint density at radius 2 is 1.90 bits per heavy atom. The summed E-state index contributed by atoms with van der Waals surface area (Å²) in [6.07, 6.45) is 5.85. The number of piperidine rings is 2. The molecule has 0 unspecified atom stereocenters. The second-order valence-electron chi connectivity index (χ2n) is 12.3. The molecule has 11 heteroatoms. The van der Waals surface area contributed by atoms with Crippen LogP contribution >= 0.6 is 0 Å². The number of amides is 4. The maximum absolute atomic E-state index is 15.7. The Hall–Kier alpha value is -3.21. The highest BCUT2D eigenvalue weighted by Crippen LogP contribution is 2.34. The van der Waals surface area contributed by atoms with Gasteiger partial charge in [0.2, 0.25) is 5.91 Å². The lowest BCUT2D eigenvalue weighted by molar-refractivity contribution is -0.120. The van der Waals surface area contributed by atoms with Gasteiger partial charge in [-0.15, -0.1) is 0 Å². The second kappa shape index (κ2) is 11.3. The molecule has 5 heterocycles. The number of pyridine rings is 1. The quantitative estimate of drug-likeness (QED) is 0.590. The highest BCUT2D eigenvalue weighted by Gasteiger charge is 2.34. The first-order valence-corrected chi connectivity index (χ1v) is 14.5. The minimum absolute atomic E-state index is 0.246. The largest absolute Gasteiger partial charge is 0.444 e. The van der Waals surface area contributed by atoms with Crippen molar-refractivity contribution in [3.63, 3.8) is 0 Å². The summed E-state index contributed by atoms with van der Waals surface area (Å²) in [5, 5.41) is 3.27. The maximum atomic E-state index is 15.7. The van der Waals surface area contributed by atoms with Crippen LogP contribution in [0.2, 0.25) is 0 Å². The van der Waals surface area contributed by atoms with E-state index in [2.05, 4.69) is 22.1 Å². The number of rotatable bonds is 5. The second-order valence-corrected chi connectivity index (χ2v) is 12.3. The van der Waals surface area contributed by atoms with Gasteiger partial charge in [0.05, 0.1) is 17.9 Å². The van der Waals surface area contributed by atoms with Gasteiger partial charge in [0.15, 0.2) is 0 Å². The number of hydrogen-bond acceptors (Lipinski definition) is 6. The monoisotopic (exact) mass is 556 g/mol. The number of fused-ring (bicyclic) bond motifs is 1. The molecule has 0 bridgehead atoms. The standard InChI is InChI=1S/C29H41FN6O4/c1-5-20-17-36(26-22(20)14-21(15-31-26)35-13-9-25(37)32-27(35)38)24-8-10-33(18-23(24)30)16-19-6-11-34(12-7-19)28(39)40-29(2,3)4/h14-15,17,19,23-24H,5-13,16,18H2,1-4H3,(H,32,37,38)/t23-,24+/m1/s1. The molecule has 218 valence electrons. The Labute approximate surface area is 234 Å². The van der Waals surface area contributed by atoms with Crippen LogP contribution in [0.1, 0.15) is 65.0 Å². The van der Waals surface area contributed by atoms with Gasteiger partial charge in [-0.1, -0.05) is 6.92 Å². The van der Waals surface area contributed by atoms with Gasteiger partial charge in [0, 0.05) is 57.3 Å². The lowest BCUT2D eigenvalue weighted by atomic mass is 9.94. The van der Waals surface area contributed by atoms with Gasteiger partial charge in [0.25, 0.3) is 0 Å². The number of alkyl halides is 1. The van der Waals surface area contributed by atoms with Crippen molar-refractivity contribution < 1.29 is 23.5 Å². The van der Waals surface area contributed by atoms with Gasteiger partial charge in [-0.3, -0.25) is 15.0 Å². The SMILES string of the molecule is CCc1cn([C@H]2CCN(CC3CCN(C(=O)OC(C)(C)C)CC3)C[C@H]2F)c2ncc(N3CCC(=O)NC3=O)cc12. The van der Waals surface area contributed by atoms with Crippen LogP contribution in [0.4, 0.5) is 19.7 Å². The van der Waals surface area contributed by atoms with E-state index in [-0.39, 0.29) is 24.5 Å². The molecule has 0 aliphatic carbocycles. The molecule has 0 saturated carbocycles. The number of halogens is 1. The van der Waals surface area contributed by atoms with Gasteiger partial charge >= 0.3 is 12.1 Å². The number of aromatic nitrogens is 2. The first kappa shape index (κ1) is 28.3. The van der Waals surface area contributed by atoms with E-state index in [0.29, 0.717) is 44.2 Å². The fourth-order valence-corrected chi connectivity index (χ4v) is 6.10. The summed E-state index contributed by atoms with van der Waals surface area (Å²) >= 11 is 0. The summed E-state index contributed by atoms with van der Waals surface area (Å²) in [7, 11) is 0. The number of hydrogen-bond donors (Lipinski definition) is 1. The smallest absolute Gasteiger partial charge is 0.410 e. The molecule has 3 saturated heterocycles. The van der Waals surface area contributed by atoms with Crippen molar-refractivity contribution in [2.24, 2.45) is 5.92 Å². The average Bonchev–Trinajstić information content (AvgIpc) is 3.26. The molecular formula is C29H41FN6O4. The minimum Gasteiger partial charge on any atom is -0.444 e. The molecule has 40 heavy (non-hydrogen) atoms. The number of aryl methyl sites for hydroxylation is 1. The maximum Gasteiger partial charge on any atom is 0.410 e. The van der Waals surface area contributed by atoms with Crippen molar-refractivity contribution >= 4 is 34.8 Å². The van der Waals surface area contributed by atoms with Gasteiger partial charge in [-0.2, -0.15) is 0 Å². The molecular weight excluding hydrogens is 515 g/mol. The van der Waals surface area contributed by atoms with Crippen LogP contribution in [0.15, 0.2) is 18.5 Å². The molecule has 0 spiro atoms. The number of nitrogens with zero attached hydrogens (tertiary/aromatic N) is 5. The van der Waals surface area contributed by atoms with Crippen LogP contribution < -0.4 is 10.2 Å². The summed E-state index contributed by atoms with van der Waals surface area (Å²) in [6, 6.07) is 1.18. The number of nitrogens with one attached hydrogen (secondary N) is 1. The molecule has 2 aromatic heterocycles. The van der Waals surface area contributed by atoms with Gasteiger partial charge in [-0.25, -0.2) is 19.0 Å². The van der Waals surface area contributed by atoms with Crippen LogP contribution in [0.5, 0.6) is 0 Å². The molecule has 0 aromatic carbocycles. The van der Waals surface area contributed by atoms with Crippen molar-refractivity contribution in [1.82, 2.24) is 24.7 Å². The number of likely N-dealkylation sites (tertiary alicyclic amines) is 2. The number of imide groups is 1. The summed E-state index contributed by atoms with van der Waals surface area (Å²) in [5.41, 5.74) is 1.92. The molecule has 5 rings (SSSR count). The Morgan fingerprint density at radius 1 is 1.15 bits per heavy atom. The molecule has 3 fully saturated rings. The van der Waals surface area contributed by atoms with E-state index in [1.165, 1.54) is 4.90 Å². The van der Waals surface area contributed by atoms with Gasteiger partial charge < -0.3 is 19.1 Å². The lowest BCUT2D eigenvalue weighted by Gasteiger charge is -2.39. The van der Waals surface area contributed by atoms with Gasteiger partial charge in [0.1, 0.15) is 17.4 Å². The van der Waals surface area contributed by atoms with E-state index in [1.807, 2.05) is 37.6 Å². The van der Waals surface area contributed by atoms with E-state index >= 15 is 4.39 Å². The third kappa shape index (κ3) is 6.09. The van der Waals surface area contributed by atoms with Crippen molar-refractivity contribution in [3.8, 4) is 0 Å². The zero-order chi connectivity index (χ0) is 28.6. The van der Waals surface area contributed by atoms with Crippen LogP contribution in [0, 0.1) is 5.92 Å². The number of carbonyl (C=O) groups excluding carboxylic acids is 3. The van der Waals surface area contributed by atoms with E-state index in [1.54, 1.807) is 11.1 Å². The Bertz CT molecular complexity index is 1270. The van der Waals surface area contributed by atoms with Crippen molar-refractivity contribution in [2.45, 2.75) is 77.6 Å². The highest BCUT2D eigenvalue weighted by atomic mass is 19.1. The fraction of sp³-hybridized carbons (Fsp3) is 0.655. The summed E-state index contributed by atoms with van der Waals surface area (Å²) in [5.74, 6) is 0.159. The number of carbonyl (C=O) groups is 3. The number of urea groups is 1. The van der Waals surface area contributed by atoms with Crippen molar-refractivity contribution in [1.29, 1.82) is 0 Å². The summed E-state index contributed by atoms with van der Waals surface area (Å²) < 4.78 is 23.2. The summed E-state index contributed by atoms with van der Waals surface area (Å²) in [6.45, 7) is 11.4. The van der Waals surface area contributed by atoms with E-state index in [0.717, 1.165) is 48.9 Å². The van der Waals surface area contributed by atoms with Crippen molar-refractivity contribution in [3.05, 3.63) is 24.0 Å². The zero-order valence-corrected chi connectivity index (χ0v) is 24.0. The number of anilines is 1. The Kier molecular flexibility index (Phi) is 8.03. The predicted molar refractivity (Wildman–Crippen MR) is 150 cm³/mol. The number of ether oxygens (including phenoxy) is 1. The van der Waals surface area contributed by atoms with E-state index < -0.39 is 17.8 Å². The Morgan fingerprint density at radius 3 is 2.55 bits per heavy atom. The molecule has 3 aliphatic heterocycles.